The van der Waals surface area contributed by atoms with Gasteiger partial charge in [0.25, 0.3) is 0 Å². The number of nitrogens with zero attached hydrogens (tertiary/aromatic N) is 4. The predicted octanol–water partition coefficient (Wildman–Crippen LogP) is 0.869. The number of rotatable bonds is 5. The standard InChI is InChI=1S/C18H26N6O3S/c1-12(2)24-18(19)17(10-20-24)21-15-7-6-13(9-16(15)22-28(3,26)27)23-8-4-5-14(25)11-23/h6-7,9-10,12,14,25H,4-5,8,11H2,1-3H3,(H2,19,20,22)/p+1. The molecule has 2 heterocycles. The number of nitrogens with one attached hydrogen (secondary N) is 1. The topological polar surface area (TPSA) is 123 Å². The summed E-state index contributed by atoms with van der Waals surface area (Å²) in [5, 5.41) is 14.2. The molecule has 152 valence electrons. The van der Waals surface area contributed by atoms with Crippen LogP contribution in [0.2, 0.25) is 0 Å². The van der Waals surface area contributed by atoms with Crippen LogP contribution in [-0.4, -0.2) is 67.5 Å². The van der Waals surface area contributed by atoms with Gasteiger partial charge in [0.05, 0.1) is 23.7 Å². The summed E-state index contributed by atoms with van der Waals surface area (Å²) in [5.74, 6) is 0.420. The van der Waals surface area contributed by atoms with Gasteiger partial charge in [-0.15, -0.1) is 4.68 Å². The highest BCUT2D eigenvalue weighted by atomic mass is 32.2. The van der Waals surface area contributed by atoms with Crippen molar-refractivity contribution in [2.75, 3.05) is 29.0 Å². The average Bonchev–Trinajstić information content (AvgIpc) is 2.96. The molecule has 1 unspecified atom stereocenters. The Morgan fingerprint density at radius 1 is 1.43 bits per heavy atom. The van der Waals surface area contributed by atoms with Gasteiger partial charge in [-0.05, 0) is 44.9 Å². The van der Waals surface area contributed by atoms with Crippen LogP contribution >= 0.6 is 0 Å². The number of aliphatic hydroxyl groups excluding tert-OH is 1. The molecule has 1 atom stereocenters. The van der Waals surface area contributed by atoms with Crippen molar-refractivity contribution < 1.29 is 18.2 Å². The molecule has 3 rings (SSSR count). The molecule has 0 aliphatic carbocycles. The van der Waals surface area contributed by atoms with Crippen LogP contribution in [-0.2, 0) is 10.0 Å². The molecule has 9 nitrogen and oxygen atoms in total. The van der Waals surface area contributed by atoms with Crippen LogP contribution in [0.1, 0.15) is 26.7 Å². The van der Waals surface area contributed by atoms with E-state index in [1.165, 1.54) is 0 Å². The molecule has 1 aromatic rings. The average molecular weight is 408 g/mol. The molecule has 0 amide bonds. The monoisotopic (exact) mass is 407 g/mol. The lowest BCUT2D eigenvalue weighted by Crippen LogP contribution is -2.38. The highest BCUT2D eigenvalue weighted by Gasteiger charge is 2.24. The molecule has 2 aliphatic rings. The summed E-state index contributed by atoms with van der Waals surface area (Å²) >= 11 is 0. The Balaban J connectivity index is 1.99. The Kier molecular flexibility index (Phi) is 5.71. The van der Waals surface area contributed by atoms with Crippen molar-refractivity contribution in [1.82, 2.24) is 0 Å². The third kappa shape index (κ3) is 4.68. The van der Waals surface area contributed by atoms with Gasteiger partial charge in [0.15, 0.2) is 5.71 Å². The molecular formula is C18H27N6O3S+. The third-order valence-electron chi connectivity index (χ3n) is 4.58. The van der Waals surface area contributed by atoms with E-state index in [1.54, 1.807) is 23.0 Å². The number of anilines is 2. The minimum atomic E-state index is -3.50. The van der Waals surface area contributed by atoms with E-state index >= 15 is 0 Å². The number of aliphatic imine (C=N–C) groups is 1. The van der Waals surface area contributed by atoms with Gasteiger partial charge in [-0.1, -0.05) is 5.10 Å². The van der Waals surface area contributed by atoms with Crippen molar-refractivity contribution >= 4 is 44.8 Å². The Bertz CT molecular complexity index is 952. The fourth-order valence-corrected chi connectivity index (χ4v) is 3.84. The van der Waals surface area contributed by atoms with Crippen LogP contribution < -0.4 is 15.4 Å². The molecule has 10 heteroatoms. The first-order chi connectivity index (χ1) is 13.1. The summed E-state index contributed by atoms with van der Waals surface area (Å²) in [6, 6.07) is 5.44. The Morgan fingerprint density at radius 3 is 2.79 bits per heavy atom. The first kappa shape index (κ1) is 20.3. The normalized spacial score (nSPS) is 21.8. The molecule has 4 N–H and O–H groups in total. The van der Waals surface area contributed by atoms with Crippen LogP contribution in [0, 0.1) is 0 Å². The lowest BCUT2D eigenvalue weighted by molar-refractivity contribution is -0.560. The Hall–Kier alpha value is -2.46. The van der Waals surface area contributed by atoms with E-state index in [9.17, 15) is 13.5 Å². The smallest absolute Gasteiger partial charge is 0.321 e. The second-order valence-electron chi connectivity index (χ2n) is 7.38. The number of amidine groups is 1. The van der Waals surface area contributed by atoms with Crippen molar-refractivity contribution in [3.8, 4) is 0 Å². The number of hydrogen-bond donors (Lipinski definition) is 3. The number of β-amino-alcohol motifs (C(OH)–C–C–N with tert-alkyl or cyclic N) is 1. The molecule has 0 spiro atoms. The van der Waals surface area contributed by atoms with Crippen LogP contribution in [0.4, 0.5) is 17.1 Å². The Labute approximate surface area is 165 Å². The summed E-state index contributed by atoms with van der Waals surface area (Å²) in [6.45, 7) is 5.25. The van der Waals surface area contributed by atoms with E-state index in [4.69, 9.17) is 5.73 Å². The number of sulfonamides is 1. The first-order valence-corrected chi connectivity index (χ1v) is 11.1. The zero-order valence-electron chi connectivity index (χ0n) is 16.3. The van der Waals surface area contributed by atoms with Crippen molar-refractivity contribution in [2.24, 2.45) is 15.8 Å². The lowest BCUT2D eigenvalue weighted by Gasteiger charge is -2.32. The fraction of sp³-hybridized carbons (Fsp3) is 0.500. The van der Waals surface area contributed by atoms with Crippen LogP contribution in [0.5, 0.6) is 0 Å². The third-order valence-corrected chi connectivity index (χ3v) is 5.17. The maximum Gasteiger partial charge on any atom is 0.321 e. The molecule has 1 aromatic carbocycles. The molecule has 0 saturated carbocycles. The maximum atomic E-state index is 11.9. The number of hydrogen-bond acceptors (Lipinski definition) is 7. The molecule has 0 bridgehead atoms. The van der Waals surface area contributed by atoms with E-state index in [-0.39, 0.29) is 12.1 Å². The van der Waals surface area contributed by atoms with Crippen LogP contribution in [0.15, 0.2) is 28.3 Å². The second kappa shape index (κ2) is 7.88. The predicted molar refractivity (Wildman–Crippen MR) is 113 cm³/mol. The van der Waals surface area contributed by atoms with Gasteiger partial charge in [-0.25, -0.2) is 13.4 Å². The number of piperidine rings is 1. The van der Waals surface area contributed by atoms with Crippen molar-refractivity contribution in [1.29, 1.82) is 0 Å². The summed E-state index contributed by atoms with van der Waals surface area (Å²) < 4.78 is 27.9. The van der Waals surface area contributed by atoms with Gasteiger partial charge in [-0.2, -0.15) is 0 Å². The van der Waals surface area contributed by atoms with Gasteiger partial charge in [0.1, 0.15) is 12.3 Å². The molecule has 28 heavy (non-hydrogen) atoms. The molecule has 1 saturated heterocycles. The van der Waals surface area contributed by atoms with Gasteiger partial charge in [0.2, 0.25) is 10.0 Å². The lowest BCUT2D eigenvalue weighted by atomic mass is 10.1. The number of aliphatic hydroxyl groups is 1. The molecule has 0 aromatic heterocycles. The highest BCUT2D eigenvalue weighted by Crippen LogP contribution is 2.32. The number of hydrazone groups is 1. The zero-order chi connectivity index (χ0) is 20.5. The summed E-state index contributed by atoms with van der Waals surface area (Å²) in [7, 11) is -3.50. The van der Waals surface area contributed by atoms with E-state index in [0.717, 1.165) is 31.3 Å². The first-order valence-electron chi connectivity index (χ1n) is 9.23. The maximum absolute atomic E-state index is 11.9. The summed E-state index contributed by atoms with van der Waals surface area (Å²) in [4.78, 5) is 6.56. The van der Waals surface area contributed by atoms with Crippen LogP contribution in [0.25, 0.3) is 0 Å². The SMILES string of the molecule is CC(C)[N+]1=C(N)C(=Nc2ccc(N3CCCC(O)C3)cc2NS(C)(=O)=O)C=N1. The van der Waals surface area contributed by atoms with Crippen molar-refractivity contribution in [2.45, 2.75) is 38.8 Å². The fourth-order valence-electron chi connectivity index (χ4n) is 3.28. The van der Waals surface area contributed by atoms with E-state index in [0.29, 0.717) is 29.5 Å². The van der Waals surface area contributed by atoms with E-state index in [1.807, 2.05) is 24.8 Å². The minimum absolute atomic E-state index is 0.0884. The molecule has 2 aliphatic heterocycles. The minimum Gasteiger partial charge on any atom is -0.391 e. The zero-order valence-corrected chi connectivity index (χ0v) is 17.1. The molecular weight excluding hydrogens is 380 g/mol. The quantitative estimate of drug-likeness (QED) is 0.625. The van der Waals surface area contributed by atoms with Gasteiger partial charge in [0, 0.05) is 18.8 Å². The largest absolute Gasteiger partial charge is 0.391 e. The van der Waals surface area contributed by atoms with E-state index in [2.05, 4.69) is 14.8 Å². The number of nitrogens with two attached hydrogens (primary N) is 1. The van der Waals surface area contributed by atoms with Crippen LogP contribution in [0.3, 0.4) is 0 Å². The second-order valence-corrected chi connectivity index (χ2v) is 9.13. The summed E-state index contributed by atoms with van der Waals surface area (Å²) in [6.07, 6.45) is 3.93. The van der Waals surface area contributed by atoms with E-state index < -0.39 is 10.0 Å². The van der Waals surface area contributed by atoms with Gasteiger partial charge < -0.3 is 10.0 Å². The van der Waals surface area contributed by atoms with Gasteiger partial charge in [-0.3, -0.25) is 10.5 Å². The van der Waals surface area contributed by atoms with Gasteiger partial charge >= 0.3 is 5.84 Å². The Morgan fingerprint density at radius 2 is 2.18 bits per heavy atom. The molecule has 0 radical (unpaired) electrons. The highest BCUT2D eigenvalue weighted by molar-refractivity contribution is 7.92. The van der Waals surface area contributed by atoms with Crippen molar-refractivity contribution in [3.63, 3.8) is 0 Å². The molecule has 1 fully saturated rings. The number of benzene rings is 1. The summed E-state index contributed by atoms with van der Waals surface area (Å²) in [5.41, 5.74) is 8.23. The van der Waals surface area contributed by atoms with Crippen molar-refractivity contribution in [3.05, 3.63) is 18.2 Å².